The lowest BCUT2D eigenvalue weighted by Crippen LogP contribution is -2.47. The highest BCUT2D eigenvalue weighted by Crippen LogP contribution is 2.29. The van der Waals surface area contributed by atoms with Crippen molar-refractivity contribution >= 4 is 34.9 Å². The second-order valence-electron chi connectivity index (χ2n) is 8.07. The van der Waals surface area contributed by atoms with Gasteiger partial charge in [0.25, 0.3) is 5.91 Å². The van der Waals surface area contributed by atoms with Crippen molar-refractivity contribution in [1.29, 1.82) is 0 Å². The van der Waals surface area contributed by atoms with Crippen molar-refractivity contribution in [3.05, 3.63) is 69.5 Å². The molecule has 7 nitrogen and oxygen atoms in total. The lowest BCUT2D eigenvalue weighted by atomic mass is 10.1. The van der Waals surface area contributed by atoms with E-state index in [-0.39, 0.29) is 29.8 Å². The molecule has 2 aromatic carbocycles. The van der Waals surface area contributed by atoms with Crippen LogP contribution in [0.2, 0.25) is 10.0 Å². The van der Waals surface area contributed by atoms with E-state index in [1.807, 2.05) is 24.1 Å². The zero-order valence-electron chi connectivity index (χ0n) is 18.6. The molecular weight excluding hydrogens is 480 g/mol. The minimum Gasteiger partial charge on any atom is -0.489 e. The maximum absolute atomic E-state index is 13.7. The Morgan fingerprint density at radius 1 is 1.09 bits per heavy atom. The molecule has 0 spiro atoms. The van der Waals surface area contributed by atoms with Gasteiger partial charge >= 0.3 is 0 Å². The normalized spacial score (nSPS) is 14.3. The van der Waals surface area contributed by atoms with Gasteiger partial charge in [0.2, 0.25) is 0 Å². The Bertz CT molecular complexity index is 1180. The minimum atomic E-state index is -0.539. The van der Waals surface area contributed by atoms with Crippen molar-refractivity contribution in [2.24, 2.45) is 0 Å². The number of carbonyl (C=O) groups excluding carboxylic acids is 1. The molecule has 0 unspecified atom stereocenters. The average molecular weight is 504 g/mol. The molecule has 0 atom stereocenters. The summed E-state index contributed by atoms with van der Waals surface area (Å²) in [5, 5.41) is 8.46. The van der Waals surface area contributed by atoms with Crippen molar-refractivity contribution in [2.45, 2.75) is 6.42 Å². The van der Waals surface area contributed by atoms with Crippen LogP contribution in [0.5, 0.6) is 5.75 Å². The summed E-state index contributed by atoms with van der Waals surface area (Å²) >= 11 is 12.1. The number of nitrogens with zero attached hydrogens (tertiary/aromatic N) is 4. The first-order chi connectivity index (χ1) is 16.3. The van der Waals surface area contributed by atoms with Gasteiger partial charge in [-0.2, -0.15) is 0 Å². The number of hydrogen-bond donors (Lipinski definition) is 1. The maximum Gasteiger partial charge on any atom is 0.253 e. The summed E-state index contributed by atoms with van der Waals surface area (Å²) in [7, 11) is 2.05. The van der Waals surface area contributed by atoms with Gasteiger partial charge < -0.3 is 20.3 Å². The van der Waals surface area contributed by atoms with Gasteiger partial charge in [0.1, 0.15) is 5.82 Å². The molecule has 1 fully saturated rings. The van der Waals surface area contributed by atoms with Gasteiger partial charge in [-0.25, -0.2) is 4.39 Å². The fraction of sp³-hybridized carbons (Fsp3) is 0.292. The number of amides is 1. The van der Waals surface area contributed by atoms with Crippen LogP contribution in [0.1, 0.15) is 15.9 Å². The Morgan fingerprint density at radius 3 is 2.50 bits per heavy atom. The summed E-state index contributed by atoms with van der Waals surface area (Å²) in [6.45, 7) is 3.33. The summed E-state index contributed by atoms with van der Waals surface area (Å²) in [6.07, 6.45) is 0.287. The molecule has 2 heterocycles. The van der Waals surface area contributed by atoms with Crippen molar-refractivity contribution in [3.63, 3.8) is 0 Å². The van der Waals surface area contributed by atoms with Crippen LogP contribution in [-0.2, 0) is 6.42 Å². The zero-order valence-corrected chi connectivity index (χ0v) is 20.1. The quantitative estimate of drug-likeness (QED) is 0.507. The standard InChI is InChI=1S/C24H24Cl2FN5O2/c1-31-9-11-32(12-10-31)24(33)16-4-2-15(3-5-16)20-14-21(23(28)30-29-20)34-13-8-17-18(25)6-7-19(27)22(17)26/h2-7,14H,8-13H2,1H3,(H2,28,30). The SMILES string of the molecule is CN1CCN(C(=O)c2ccc(-c3cc(OCCc4c(Cl)ccc(F)c4Cl)c(N)nn3)cc2)CC1. The van der Waals surface area contributed by atoms with E-state index in [0.29, 0.717) is 40.7 Å². The van der Waals surface area contributed by atoms with E-state index in [0.717, 1.165) is 18.7 Å². The molecule has 4 rings (SSSR count). The van der Waals surface area contributed by atoms with Crippen LogP contribution in [0.25, 0.3) is 11.3 Å². The van der Waals surface area contributed by atoms with Crippen molar-refractivity contribution in [3.8, 4) is 17.0 Å². The van der Waals surface area contributed by atoms with E-state index in [1.54, 1.807) is 18.2 Å². The van der Waals surface area contributed by atoms with Crippen molar-refractivity contribution < 1.29 is 13.9 Å². The van der Waals surface area contributed by atoms with E-state index in [1.165, 1.54) is 12.1 Å². The third-order valence-corrected chi connectivity index (χ3v) is 6.52. The second-order valence-corrected chi connectivity index (χ2v) is 8.86. The summed E-state index contributed by atoms with van der Waals surface area (Å²) in [4.78, 5) is 16.8. The number of anilines is 1. The summed E-state index contributed by atoms with van der Waals surface area (Å²) in [5.74, 6) is -0.0574. The first-order valence-electron chi connectivity index (χ1n) is 10.8. The molecule has 2 N–H and O–H groups in total. The summed E-state index contributed by atoms with van der Waals surface area (Å²) in [5.41, 5.74) is 8.32. The number of nitrogens with two attached hydrogens (primary N) is 1. The van der Waals surface area contributed by atoms with E-state index in [2.05, 4.69) is 15.1 Å². The highest BCUT2D eigenvalue weighted by molar-refractivity contribution is 6.36. The molecule has 0 bridgehead atoms. The van der Waals surface area contributed by atoms with Crippen molar-refractivity contribution in [2.75, 3.05) is 45.6 Å². The molecular formula is C24H24Cl2FN5O2. The number of likely N-dealkylation sites (N-methyl/N-ethyl adjacent to an activating group) is 1. The molecule has 10 heteroatoms. The van der Waals surface area contributed by atoms with Gasteiger partial charge in [-0.3, -0.25) is 4.79 Å². The summed E-state index contributed by atoms with van der Waals surface area (Å²) in [6, 6.07) is 11.5. The highest BCUT2D eigenvalue weighted by Gasteiger charge is 2.20. The molecule has 1 amide bonds. The van der Waals surface area contributed by atoms with E-state index < -0.39 is 5.82 Å². The lowest BCUT2D eigenvalue weighted by molar-refractivity contribution is 0.0664. The Balaban J connectivity index is 1.43. The second kappa shape index (κ2) is 10.5. The molecule has 1 aromatic heterocycles. The zero-order chi connectivity index (χ0) is 24.2. The third-order valence-electron chi connectivity index (χ3n) is 5.75. The minimum absolute atomic E-state index is 0.0155. The molecule has 3 aromatic rings. The number of ether oxygens (including phenoxy) is 1. The number of carbonyl (C=O) groups is 1. The molecule has 0 aliphatic carbocycles. The van der Waals surface area contributed by atoms with Crippen LogP contribution in [0, 0.1) is 5.82 Å². The topological polar surface area (TPSA) is 84.6 Å². The van der Waals surface area contributed by atoms with Crippen molar-refractivity contribution in [1.82, 2.24) is 20.0 Å². The molecule has 34 heavy (non-hydrogen) atoms. The Kier molecular flexibility index (Phi) is 7.50. The smallest absolute Gasteiger partial charge is 0.253 e. The van der Waals surface area contributed by atoms with Gasteiger partial charge in [-0.1, -0.05) is 35.3 Å². The van der Waals surface area contributed by atoms with Crippen LogP contribution in [0.15, 0.2) is 42.5 Å². The number of hydrogen-bond acceptors (Lipinski definition) is 6. The molecule has 178 valence electrons. The molecule has 1 saturated heterocycles. The first-order valence-corrected chi connectivity index (χ1v) is 11.6. The number of piperazine rings is 1. The fourth-order valence-electron chi connectivity index (χ4n) is 3.68. The molecule has 1 aliphatic rings. The largest absolute Gasteiger partial charge is 0.489 e. The number of benzene rings is 2. The lowest BCUT2D eigenvalue weighted by Gasteiger charge is -2.32. The van der Waals surface area contributed by atoms with Crippen LogP contribution in [-0.4, -0.2) is 65.7 Å². The fourth-order valence-corrected chi connectivity index (χ4v) is 4.24. The van der Waals surface area contributed by atoms with E-state index in [9.17, 15) is 9.18 Å². The predicted octanol–water partition coefficient (Wildman–Crippen LogP) is 4.18. The third kappa shape index (κ3) is 5.41. The van der Waals surface area contributed by atoms with Gasteiger partial charge in [0.15, 0.2) is 11.6 Å². The van der Waals surface area contributed by atoms with Crippen LogP contribution in [0.3, 0.4) is 0 Å². The van der Waals surface area contributed by atoms with Gasteiger partial charge in [-0.15, -0.1) is 10.2 Å². The monoisotopic (exact) mass is 503 g/mol. The Hall–Kier alpha value is -2.94. The van der Waals surface area contributed by atoms with Gasteiger partial charge in [0.05, 0.1) is 17.3 Å². The van der Waals surface area contributed by atoms with Crippen LogP contribution in [0.4, 0.5) is 10.2 Å². The van der Waals surface area contributed by atoms with Crippen LogP contribution >= 0.6 is 23.2 Å². The van der Waals surface area contributed by atoms with Gasteiger partial charge in [-0.05, 0) is 36.9 Å². The van der Waals surface area contributed by atoms with E-state index >= 15 is 0 Å². The van der Waals surface area contributed by atoms with E-state index in [4.69, 9.17) is 33.7 Å². The average Bonchev–Trinajstić information content (AvgIpc) is 2.85. The maximum atomic E-state index is 13.7. The Labute approximate surface area is 207 Å². The highest BCUT2D eigenvalue weighted by atomic mass is 35.5. The first kappa shape index (κ1) is 24.2. The molecule has 1 aliphatic heterocycles. The van der Waals surface area contributed by atoms with Gasteiger partial charge in [0, 0.05) is 54.8 Å². The number of rotatable bonds is 6. The molecule has 0 saturated carbocycles. The number of nitrogen functional groups attached to an aromatic ring is 1. The number of halogens is 3. The summed E-state index contributed by atoms with van der Waals surface area (Å²) < 4.78 is 19.5. The molecule has 0 radical (unpaired) electrons. The predicted molar refractivity (Wildman–Crippen MR) is 131 cm³/mol. The Morgan fingerprint density at radius 2 is 1.79 bits per heavy atom. The number of aromatic nitrogens is 2. The van der Waals surface area contributed by atoms with Crippen LogP contribution < -0.4 is 10.5 Å².